The molecule has 0 spiro atoms. The highest BCUT2D eigenvalue weighted by Gasteiger charge is 2.24. The summed E-state index contributed by atoms with van der Waals surface area (Å²) in [6, 6.07) is 2.23. The van der Waals surface area contributed by atoms with E-state index in [1.165, 1.54) is 11.3 Å². The van der Waals surface area contributed by atoms with E-state index in [0.29, 0.717) is 6.42 Å². The third-order valence-corrected chi connectivity index (χ3v) is 2.94. The molecule has 2 heteroatoms. The van der Waals surface area contributed by atoms with Gasteiger partial charge >= 0.3 is 0 Å². The average molecular weight is 204 g/mol. The summed E-state index contributed by atoms with van der Waals surface area (Å²) in [6.07, 6.45) is 7.20. The molecule has 0 bridgehead atoms. The van der Waals surface area contributed by atoms with Gasteiger partial charge in [0.2, 0.25) is 0 Å². The van der Waals surface area contributed by atoms with Gasteiger partial charge in [0, 0.05) is 18.7 Å². The van der Waals surface area contributed by atoms with Crippen LogP contribution in [0, 0.1) is 16.7 Å². The van der Waals surface area contributed by atoms with E-state index in [1.807, 2.05) is 0 Å². The van der Waals surface area contributed by atoms with Gasteiger partial charge in [0.1, 0.15) is 0 Å². The Labute approximate surface area is 92.7 Å². The van der Waals surface area contributed by atoms with Gasteiger partial charge in [-0.15, -0.1) is 0 Å². The van der Waals surface area contributed by atoms with Crippen LogP contribution in [0.3, 0.4) is 0 Å². The first-order chi connectivity index (χ1) is 7.11. The van der Waals surface area contributed by atoms with Crippen molar-refractivity contribution in [3.63, 3.8) is 0 Å². The maximum atomic E-state index is 8.62. The lowest BCUT2D eigenvalue weighted by atomic mass is 9.77. The van der Waals surface area contributed by atoms with Crippen LogP contribution in [0.1, 0.15) is 40.0 Å². The topological polar surface area (TPSA) is 35.8 Å². The Morgan fingerprint density at radius 1 is 1.60 bits per heavy atom. The van der Waals surface area contributed by atoms with Crippen molar-refractivity contribution < 1.29 is 0 Å². The Kier molecular flexibility index (Phi) is 3.96. The molecule has 0 saturated carbocycles. The van der Waals surface area contributed by atoms with Gasteiger partial charge in [0.15, 0.2) is 0 Å². The summed E-state index contributed by atoms with van der Waals surface area (Å²) >= 11 is 0. The fourth-order valence-electron chi connectivity index (χ4n) is 2.07. The normalized spacial score (nSPS) is 25.2. The Balaban J connectivity index is 2.68. The number of allylic oxidation sites excluding steroid dienone is 3. The SMILES string of the molecule is CCNC1=CCC(C)(CCC#N)C=C1C. The standard InChI is InChI=1S/C13H20N2/c1-4-15-12-6-8-13(3,7-5-9-14)10-11(12)2/h6,10,15H,4-5,7-8H2,1-3H3. The van der Waals surface area contributed by atoms with Gasteiger partial charge in [-0.3, -0.25) is 0 Å². The number of nitriles is 1. The van der Waals surface area contributed by atoms with Crippen molar-refractivity contribution >= 4 is 0 Å². The van der Waals surface area contributed by atoms with Crippen molar-refractivity contribution in [2.24, 2.45) is 5.41 Å². The van der Waals surface area contributed by atoms with Crippen LogP contribution < -0.4 is 5.32 Å². The third-order valence-electron chi connectivity index (χ3n) is 2.94. The zero-order valence-electron chi connectivity index (χ0n) is 9.93. The van der Waals surface area contributed by atoms with Gasteiger partial charge in [-0.2, -0.15) is 5.26 Å². The van der Waals surface area contributed by atoms with Crippen molar-refractivity contribution in [1.29, 1.82) is 5.26 Å². The first kappa shape index (κ1) is 11.8. The summed E-state index contributed by atoms with van der Waals surface area (Å²) in [5, 5.41) is 12.0. The van der Waals surface area contributed by atoms with Crippen molar-refractivity contribution in [2.75, 3.05) is 6.54 Å². The summed E-state index contributed by atoms with van der Waals surface area (Å²) in [7, 11) is 0. The zero-order valence-corrected chi connectivity index (χ0v) is 9.93. The maximum absolute atomic E-state index is 8.62. The number of hydrogen-bond donors (Lipinski definition) is 1. The first-order valence-electron chi connectivity index (χ1n) is 5.62. The van der Waals surface area contributed by atoms with Gasteiger partial charge in [-0.1, -0.05) is 19.1 Å². The monoisotopic (exact) mass is 204 g/mol. The van der Waals surface area contributed by atoms with Gasteiger partial charge in [0.25, 0.3) is 0 Å². The second-order valence-electron chi connectivity index (χ2n) is 4.49. The van der Waals surface area contributed by atoms with E-state index in [-0.39, 0.29) is 5.41 Å². The minimum atomic E-state index is 0.179. The molecule has 0 aromatic carbocycles. The molecule has 0 radical (unpaired) electrons. The molecule has 2 nitrogen and oxygen atoms in total. The predicted octanol–water partition coefficient (Wildman–Crippen LogP) is 3.14. The third kappa shape index (κ3) is 3.13. The van der Waals surface area contributed by atoms with Crippen LogP contribution >= 0.6 is 0 Å². The van der Waals surface area contributed by atoms with Crippen LogP contribution in [0.15, 0.2) is 23.4 Å². The molecule has 0 aromatic rings. The number of nitrogens with one attached hydrogen (secondary N) is 1. The van der Waals surface area contributed by atoms with Crippen LogP contribution in [-0.2, 0) is 0 Å². The summed E-state index contributed by atoms with van der Waals surface area (Å²) in [6.45, 7) is 7.44. The van der Waals surface area contributed by atoms with E-state index < -0.39 is 0 Å². The summed E-state index contributed by atoms with van der Waals surface area (Å²) < 4.78 is 0. The van der Waals surface area contributed by atoms with Crippen LogP contribution in [0.2, 0.25) is 0 Å². The lowest BCUT2D eigenvalue weighted by molar-refractivity contribution is 0.392. The Morgan fingerprint density at radius 3 is 2.87 bits per heavy atom. The molecule has 0 saturated heterocycles. The van der Waals surface area contributed by atoms with E-state index in [2.05, 4.69) is 44.3 Å². The van der Waals surface area contributed by atoms with Crippen LogP contribution in [0.4, 0.5) is 0 Å². The molecule has 0 aliphatic heterocycles. The molecule has 0 amide bonds. The van der Waals surface area contributed by atoms with E-state index in [1.54, 1.807) is 0 Å². The van der Waals surface area contributed by atoms with Crippen molar-refractivity contribution in [2.45, 2.75) is 40.0 Å². The Bertz CT molecular complexity index is 320. The molecule has 1 atom stereocenters. The quantitative estimate of drug-likeness (QED) is 0.763. The van der Waals surface area contributed by atoms with E-state index in [4.69, 9.17) is 5.26 Å². The molecule has 15 heavy (non-hydrogen) atoms. The molecule has 1 N–H and O–H groups in total. The number of likely N-dealkylation sites (N-methyl/N-ethyl adjacent to an activating group) is 1. The molecule has 1 aliphatic rings. The highest BCUT2D eigenvalue weighted by molar-refractivity contribution is 5.33. The van der Waals surface area contributed by atoms with Gasteiger partial charge in [-0.25, -0.2) is 0 Å². The fraction of sp³-hybridized carbons (Fsp3) is 0.615. The molecule has 1 unspecified atom stereocenters. The Morgan fingerprint density at radius 2 is 2.33 bits per heavy atom. The number of rotatable bonds is 4. The fourth-order valence-corrected chi connectivity index (χ4v) is 2.07. The second-order valence-corrected chi connectivity index (χ2v) is 4.49. The average Bonchev–Trinajstić information content (AvgIpc) is 2.20. The summed E-state index contributed by atoms with van der Waals surface area (Å²) in [5.74, 6) is 0. The highest BCUT2D eigenvalue weighted by atomic mass is 14.9. The molecule has 1 aliphatic carbocycles. The molecule has 0 heterocycles. The van der Waals surface area contributed by atoms with Crippen molar-refractivity contribution in [3.8, 4) is 6.07 Å². The molecular formula is C13H20N2. The minimum absolute atomic E-state index is 0.179. The number of nitrogens with zero attached hydrogens (tertiary/aromatic N) is 1. The van der Waals surface area contributed by atoms with Gasteiger partial charge in [-0.05, 0) is 37.7 Å². The van der Waals surface area contributed by atoms with Crippen LogP contribution in [-0.4, -0.2) is 6.54 Å². The molecule has 0 aromatic heterocycles. The van der Waals surface area contributed by atoms with Gasteiger partial charge in [0.05, 0.1) is 6.07 Å². The van der Waals surface area contributed by atoms with Crippen LogP contribution in [0.5, 0.6) is 0 Å². The van der Waals surface area contributed by atoms with Gasteiger partial charge < -0.3 is 5.32 Å². The molecular weight excluding hydrogens is 184 g/mol. The summed E-state index contributed by atoms with van der Waals surface area (Å²) in [5.41, 5.74) is 2.74. The molecule has 0 fully saturated rings. The first-order valence-corrected chi connectivity index (χ1v) is 5.62. The van der Waals surface area contributed by atoms with E-state index >= 15 is 0 Å². The predicted molar refractivity (Wildman–Crippen MR) is 63.1 cm³/mol. The van der Waals surface area contributed by atoms with E-state index in [9.17, 15) is 0 Å². The van der Waals surface area contributed by atoms with Crippen LogP contribution in [0.25, 0.3) is 0 Å². The maximum Gasteiger partial charge on any atom is 0.0622 e. The number of hydrogen-bond acceptors (Lipinski definition) is 2. The molecule has 1 rings (SSSR count). The lowest BCUT2D eigenvalue weighted by Gasteiger charge is -2.29. The second kappa shape index (κ2) is 5.02. The largest absolute Gasteiger partial charge is 0.385 e. The Hall–Kier alpha value is -1.23. The zero-order chi connectivity index (χ0) is 11.3. The van der Waals surface area contributed by atoms with Crippen molar-refractivity contribution in [3.05, 3.63) is 23.4 Å². The van der Waals surface area contributed by atoms with Crippen molar-refractivity contribution in [1.82, 2.24) is 5.32 Å². The smallest absolute Gasteiger partial charge is 0.0622 e. The van der Waals surface area contributed by atoms with E-state index in [0.717, 1.165) is 19.4 Å². The lowest BCUT2D eigenvalue weighted by Crippen LogP contribution is -2.22. The summed E-state index contributed by atoms with van der Waals surface area (Å²) in [4.78, 5) is 0. The minimum Gasteiger partial charge on any atom is -0.385 e. The highest BCUT2D eigenvalue weighted by Crippen LogP contribution is 2.36. The molecule has 82 valence electrons.